The molecule has 0 heterocycles. The van der Waals surface area contributed by atoms with Gasteiger partial charge in [-0.25, -0.2) is 0 Å². The molecular formula is C8H16O2S2. The lowest BCUT2D eigenvalue weighted by atomic mass is 10.5. The predicted molar refractivity (Wildman–Crippen MR) is 57.4 cm³/mol. The number of ether oxygens (including phenoxy) is 1. The normalized spacial score (nSPS) is 11.8. The summed E-state index contributed by atoms with van der Waals surface area (Å²) in [6, 6.07) is 0. The van der Waals surface area contributed by atoms with Crippen molar-refractivity contribution in [2.75, 3.05) is 24.7 Å². The number of hydrogen-bond donors (Lipinski definition) is 1. The molecule has 0 aliphatic heterocycles. The van der Waals surface area contributed by atoms with E-state index in [1.165, 1.54) is 0 Å². The lowest BCUT2D eigenvalue weighted by molar-refractivity contribution is 0.234. The Morgan fingerprint density at radius 2 is 2.08 bits per heavy atom. The van der Waals surface area contributed by atoms with Crippen molar-refractivity contribution in [1.29, 1.82) is 0 Å². The molecule has 0 saturated heterocycles. The first-order valence-electron chi connectivity index (χ1n) is 3.92. The van der Waals surface area contributed by atoms with Crippen LogP contribution in [0.1, 0.15) is 13.8 Å². The lowest BCUT2D eigenvalue weighted by Gasteiger charge is -2.04. The maximum absolute atomic E-state index is 8.47. The number of rotatable bonds is 7. The molecule has 0 unspecified atom stereocenters. The molecule has 2 nitrogen and oxygen atoms in total. The van der Waals surface area contributed by atoms with E-state index in [1.807, 2.05) is 19.9 Å². The number of hydrogen-bond acceptors (Lipinski definition) is 4. The van der Waals surface area contributed by atoms with Gasteiger partial charge in [-0.15, -0.1) is 0 Å². The molecule has 1 N–H and O–H groups in total. The van der Waals surface area contributed by atoms with Crippen molar-refractivity contribution in [2.45, 2.75) is 13.8 Å². The first-order chi connectivity index (χ1) is 5.81. The fraction of sp³-hybridized carbons (Fsp3) is 0.750. The van der Waals surface area contributed by atoms with Gasteiger partial charge in [0.15, 0.2) is 0 Å². The molecule has 0 radical (unpaired) electrons. The third kappa shape index (κ3) is 8.30. The van der Waals surface area contributed by atoms with Crippen LogP contribution in [0.4, 0.5) is 0 Å². The average Bonchev–Trinajstić information content (AvgIpc) is 2.10. The van der Waals surface area contributed by atoms with Crippen LogP contribution in [-0.2, 0) is 4.74 Å². The van der Waals surface area contributed by atoms with E-state index in [4.69, 9.17) is 9.84 Å². The van der Waals surface area contributed by atoms with Gasteiger partial charge in [0.2, 0.25) is 0 Å². The van der Waals surface area contributed by atoms with Gasteiger partial charge in [-0.1, -0.05) is 27.7 Å². The van der Waals surface area contributed by atoms with E-state index in [0.29, 0.717) is 0 Å². The summed E-state index contributed by atoms with van der Waals surface area (Å²) in [5.41, 5.74) is 0. The summed E-state index contributed by atoms with van der Waals surface area (Å²) in [6.45, 7) is 4.92. The highest BCUT2D eigenvalue weighted by molar-refractivity contribution is 8.76. The van der Waals surface area contributed by atoms with Crippen LogP contribution in [0.3, 0.4) is 0 Å². The SMILES string of the molecule is C/C=C(/C)OCCSSCCO. The number of aliphatic hydroxyl groups is 1. The quantitative estimate of drug-likeness (QED) is 0.395. The number of allylic oxidation sites excluding steroid dienone is 2. The van der Waals surface area contributed by atoms with E-state index in [0.717, 1.165) is 23.9 Å². The van der Waals surface area contributed by atoms with Crippen LogP contribution in [0, 0.1) is 0 Å². The van der Waals surface area contributed by atoms with Crippen molar-refractivity contribution in [3.8, 4) is 0 Å². The van der Waals surface area contributed by atoms with Gasteiger partial charge in [-0.2, -0.15) is 0 Å². The monoisotopic (exact) mass is 208 g/mol. The summed E-state index contributed by atoms with van der Waals surface area (Å²) in [5.74, 6) is 2.74. The van der Waals surface area contributed by atoms with Crippen LogP contribution in [0.2, 0.25) is 0 Å². The van der Waals surface area contributed by atoms with Gasteiger partial charge >= 0.3 is 0 Å². The fourth-order valence-electron chi connectivity index (χ4n) is 0.475. The van der Waals surface area contributed by atoms with Crippen molar-refractivity contribution in [3.63, 3.8) is 0 Å². The van der Waals surface area contributed by atoms with Gasteiger partial charge in [0.25, 0.3) is 0 Å². The zero-order valence-corrected chi connectivity index (χ0v) is 9.21. The Bertz CT molecular complexity index is 126. The molecule has 0 spiro atoms. The van der Waals surface area contributed by atoms with Crippen LogP contribution >= 0.6 is 21.6 Å². The van der Waals surface area contributed by atoms with Crippen molar-refractivity contribution in [3.05, 3.63) is 11.8 Å². The van der Waals surface area contributed by atoms with Crippen molar-refractivity contribution >= 4 is 21.6 Å². The minimum absolute atomic E-state index is 0.256. The molecule has 0 aliphatic carbocycles. The summed E-state index contributed by atoms with van der Waals surface area (Å²) in [6.07, 6.45) is 1.95. The van der Waals surface area contributed by atoms with Crippen LogP contribution in [0.5, 0.6) is 0 Å². The topological polar surface area (TPSA) is 29.5 Å². The Kier molecular flexibility index (Phi) is 9.44. The molecule has 4 heteroatoms. The summed E-state index contributed by atoms with van der Waals surface area (Å²) < 4.78 is 5.34. The maximum Gasteiger partial charge on any atom is 0.0975 e. The molecule has 0 aromatic rings. The molecule has 0 atom stereocenters. The van der Waals surface area contributed by atoms with Crippen LogP contribution in [0.15, 0.2) is 11.8 Å². The van der Waals surface area contributed by atoms with E-state index in [1.54, 1.807) is 21.6 Å². The van der Waals surface area contributed by atoms with E-state index in [-0.39, 0.29) is 6.61 Å². The second-order valence-electron chi connectivity index (χ2n) is 2.12. The van der Waals surface area contributed by atoms with Crippen LogP contribution < -0.4 is 0 Å². The van der Waals surface area contributed by atoms with Crippen molar-refractivity contribution < 1.29 is 9.84 Å². The molecule has 0 aromatic heterocycles. The largest absolute Gasteiger partial charge is 0.498 e. The molecule has 0 fully saturated rings. The van der Waals surface area contributed by atoms with Gasteiger partial charge in [0.05, 0.1) is 19.0 Å². The molecule has 0 amide bonds. The molecule has 0 aromatic carbocycles. The van der Waals surface area contributed by atoms with Crippen molar-refractivity contribution in [1.82, 2.24) is 0 Å². The van der Waals surface area contributed by atoms with E-state index in [9.17, 15) is 0 Å². The smallest absolute Gasteiger partial charge is 0.0975 e. The van der Waals surface area contributed by atoms with Gasteiger partial charge in [0.1, 0.15) is 0 Å². The highest BCUT2D eigenvalue weighted by Crippen LogP contribution is 2.19. The summed E-state index contributed by atoms with van der Waals surface area (Å²) >= 11 is 0. The second kappa shape index (κ2) is 9.29. The Labute approximate surface area is 82.2 Å². The predicted octanol–water partition coefficient (Wildman–Crippen LogP) is 2.30. The Morgan fingerprint density at radius 3 is 2.67 bits per heavy atom. The zero-order chi connectivity index (χ0) is 9.23. The standard InChI is InChI=1S/C8H16O2S2/c1-3-8(2)10-5-7-12-11-6-4-9/h3,9H,4-7H2,1-2H3/b8-3-. The van der Waals surface area contributed by atoms with Crippen molar-refractivity contribution in [2.24, 2.45) is 0 Å². The molecular weight excluding hydrogens is 192 g/mol. The minimum atomic E-state index is 0.256. The molecule has 0 bridgehead atoms. The first-order valence-corrected chi connectivity index (χ1v) is 6.41. The Morgan fingerprint density at radius 1 is 1.42 bits per heavy atom. The van der Waals surface area contributed by atoms with Crippen LogP contribution in [-0.4, -0.2) is 29.8 Å². The molecule has 72 valence electrons. The summed E-state index contributed by atoms with van der Waals surface area (Å²) in [5, 5.41) is 8.47. The molecule has 0 rings (SSSR count). The second-order valence-corrected chi connectivity index (χ2v) is 4.82. The van der Waals surface area contributed by atoms with Gasteiger partial charge in [-0.3, -0.25) is 0 Å². The molecule has 0 saturated carbocycles. The van der Waals surface area contributed by atoms with Crippen LogP contribution in [0.25, 0.3) is 0 Å². The zero-order valence-electron chi connectivity index (χ0n) is 7.58. The number of aliphatic hydroxyl groups excluding tert-OH is 1. The molecule has 0 aliphatic rings. The summed E-state index contributed by atoms with van der Waals surface area (Å²) in [7, 11) is 3.41. The van der Waals surface area contributed by atoms with E-state index < -0.39 is 0 Å². The molecule has 12 heavy (non-hydrogen) atoms. The minimum Gasteiger partial charge on any atom is -0.498 e. The highest BCUT2D eigenvalue weighted by atomic mass is 33.1. The van der Waals surface area contributed by atoms with Gasteiger partial charge < -0.3 is 9.84 Å². The third-order valence-electron chi connectivity index (χ3n) is 1.16. The highest BCUT2D eigenvalue weighted by Gasteiger charge is 1.91. The van der Waals surface area contributed by atoms with E-state index in [2.05, 4.69) is 0 Å². The third-order valence-corrected chi connectivity index (χ3v) is 3.51. The maximum atomic E-state index is 8.47. The van der Waals surface area contributed by atoms with Gasteiger partial charge in [0, 0.05) is 11.5 Å². The summed E-state index contributed by atoms with van der Waals surface area (Å²) in [4.78, 5) is 0. The van der Waals surface area contributed by atoms with E-state index >= 15 is 0 Å². The Hall–Kier alpha value is 0.200. The first kappa shape index (κ1) is 12.2. The average molecular weight is 208 g/mol. The fourth-order valence-corrected chi connectivity index (χ4v) is 2.07. The van der Waals surface area contributed by atoms with Gasteiger partial charge in [-0.05, 0) is 13.8 Å². The Balaban J connectivity index is 3.00. The lowest BCUT2D eigenvalue weighted by Crippen LogP contribution is -1.94.